The van der Waals surface area contributed by atoms with Crippen molar-refractivity contribution in [1.82, 2.24) is 10.3 Å². The highest BCUT2D eigenvalue weighted by molar-refractivity contribution is 7.18. The first-order chi connectivity index (χ1) is 9.01. The van der Waals surface area contributed by atoms with Crippen LogP contribution in [0.2, 0.25) is 5.15 Å². The molecule has 104 valence electrons. The van der Waals surface area contributed by atoms with Crippen LogP contribution < -0.4 is 10.2 Å². The maximum atomic E-state index is 11.5. The minimum Gasteiger partial charge on any atom is -0.465 e. The second-order valence-electron chi connectivity index (χ2n) is 4.24. The van der Waals surface area contributed by atoms with Gasteiger partial charge >= 0.3 is 5.97 Å². The van der Waals surface area contributed by atoms with Crippen LogP contribution in [0.3, 0.4) is 0 Å². The highest BCUT2D eigenvalue weighted by Gasteiger charge is 2.27. The number of carbonyl (C=O) groups is 2. The van der Waals surface area contributed by atoms with Crippen LogP contribution in [0, 0.1) is 0 Å². The number of anilines is 1. The molecule has 1 atom stereocenters. The summed E-state index contributed by atoms with van der Waals surface area (Å²) in [6.45, 7) is 2.94. The van der Waals surface area contributed by atoms with E-state index in [9.17, 15) is 9.59 Å². The third-order valence-electron chi connectivity index (χ3n) is 2.81. The Labute approximate surface area is 119 Å². The van der Waals surface area contributed by atoms with E-state index in [4.69, 9.17) is 11.6 Å². The fraction of sp³-hybridized carbons (Fsp3) is 0.545. The largest absolute Gasteiger partial charge is 0.465 e. The lowest BCUT2D eigenvalue weighted by molar-refractivity contribution is -0.119. The Morgan fingerprint density at radius 3 is 2.95 bits per heavy atom. The normalized spacial score (nSPS) is 18.5. The van der Waals surface area contributed by atoms with Crippen molar-refractivity contribution in [2.24, 2.45) is 0 Å². The molecule has 0 aromatic carbocycles. The van der Waals surface area contributed by atoms with E-state index in [-0.39, 0.29) is 17.1 Å². The number of carbonyl (C=O) groups excluding carboxylic acids is 2. The second kappa shape index (κ2) is 5.75. The first-order valence-corrected chi connectivity index (χ1v) is 6.97. The molecule has 1 fully saturated rings. The number of ether oxygens (including phenoxy) is 1. The van der Waals surface area contributed by atoms with Gasteiger partial charge < -0.3 is 15.0 Å². The summed E-state index contributed by atoms with van der Waals surface area (Å²) in [5, 5.41) is 3.71. The second-order valence-corrected chi connectivity index (χ2v) is 5.58. The maximum Gasteiger partial charge on any atom is 0.351 e. The molecule has 1 aromatic rings. The first kappa shape index (κ1) is 14.1. The molecule has 1 N–H and O–H groups in total. The standard InChI is InChI=1S/C11H14ClN3O3S/c1-6(16)13-7-3-4-15(5-7)11-14-9(12)8(19-11)10(17)18-2/h7H,3-5H2,1-2H3,(H,13,16). The van der Waals surface area contributed by atoms with Gasteiger partial charge in [0.25, 0.3) is 0 Å². The van der Waals surface area contributed by atoms with Crippen LogP contribution >= 0.6 is 22.9 Å². The number of nitrogens with one attached hydrogen (secondary N) is 1. The molecule has 1 unspecified atom stereocenters. The van der Waals surface area contributed by atoms with E-state index < -0.39 is 5.97 Å². The van der Waals surface area contributed by atoms with Gasteiger partial charge in [0.2, 0.25) is 5.91 Å². The summed E-state index contributed by atoms with van der Waals surface area (Å²) in [7, 11) is 1.31. The number of hydrogen-bond donors (Lipinski definition) is 1. The third-order valence-corrected chi connectivity index (χ3v) is 4.29. The Balaban J connectivity index is 2.07. The lowest BCUT2D eigenvalue weighted by atomic mass is 10.3. The van der Waals surface area contributed by atoms with Crippen LogP contribution in [-0.4, -0.2) is 43.1 Å². The molecule has 1 amide bonds. The summed E-state index contributed by atoms with van der Waals surface area (Å²) < 4.78 is 4.64. The zero-order valence-electron chi connectivity index (χ0n) is 10.6. The number of nitrogens with zero attached hydrogens (tertiary/aromatic N) is 2. The minimum atomic E-state index is -0.480. The number of aromatic nitrogens is 1. The van der Waals surface area contributed by atoms with E-state index >= 15 is 0 Å². The average molecular weight is 304 g/mol. The Hall–Kier alpha value is -1.34. The number of methoxy groups -OCH3 is 1. The predicted octanol–water partition coefficient (Wildman–Crippen LogP) is 1.30. The Kier molecular flexibility index (Phi) is 4.26. The van der Waals surface area contributed by atoms with Crippen molar-refractivity contribution in [2.45, 2.75) is 19.4 Å². The first-order valence-electron chi connectivity index (χ1n) is 5.78. The molecule has 2 rings (SSSR count). The predicted molar refractivity (Wildman–Crippen MR) is 72.9 cm³/mol. The number of rotatable bonds is 3. The van der Waals surface area contributed by atoms with Gasteiger partial charge in [-0.05, 0) is 6.42 Å². The van der Waals surface area contributed by atoms with Crippen molar-refractivity contribution in [2.75, 3.05) is 25.1 Å². The smallest absolute Gasteiger partial charge is 0.351 e. The fourth-order valence-electron chi connectivity index (χ4n) is 1.98. The molecule has 0 saturated carbocycles. The van der Waals surface area contributed by atoms with Gasteiger partial charge in [0.15, 0.2) is 15.2 Å². The van der Waals surface area contributed by atoms with E-state index in [1.54, 1.807) is 0 Å². The molecule has 6 nitrogen and oxygen atoms in total. The molecule has 1 aliphatic rings. The topological polar surface area (TPSA) is 71.5 Å². The van der Waals surface area contributed by atoms with Gasteiger partial charge in [-0.2, -0.15) is 0 Å². The molecule has 0 spiro atoms. The van der Waals surface area contributed by atoms with Crippen molar-refractivity contribution in [1.29, 1.82) is 0 Å². The molecule has 0 radical (unpaired) electrons. The van der Waals surface area contributed by atoms with Crippen molar-refractivity contribution in [3.63, 3.8) is 0 Å². The minimum absolute atomic E-state index is 0.0423. The van der Waals surface area contributed by atoms with Gasteiger partial charge in [-0.3, -0.25) is 4.79 Å². The molecule has 8 heteroatoms. The number of halogens is 1. The van der Waals surface area contributed by atoms with Crippen LogP contribution in [-0.2, 0) is 9.53 Å². The zero-order chi connectivity index (χ0) is 14.0. The van der Waals surface area contributed by atoms with Gasteiger partial charge in [0, 0.05) is 26.1 Å². The summed E-state index contributed by atoms with van der Waals surface area (Å²) in [5.74, 6) is -0.523. The van der Waals surface area contributed by atoms with Gasteiger partial charge in [0.05, 0.1) is 7.11 Å². The number of amides is 1. The summed E-state index contributed by atoms with van der Waals surface area (Å²) in [6, 6.07) is 0.113. The maximum absolute atomic E-state index is 11.5. The SMILES string of the molecule is COC(=O)c1sc(N2CCC(NC(C)=O)C2)nc1Cl. The van der Waals surface area contributed by atoms with Crippen LogP contribution in [0.25, 0.3) is 0 Å². The van der Waals surface area contributed by atoms with Gasteiger partial charge in [-0.1, -0.05) is 22.9 Å². The highest BCUT2D eigenvalue weighted by Crippen LogP contribution is 2.32. The van der Waals surface area contributed by atoms with Crippen molar-refractivity contribution >= 4 is 39.9 Å². The molecule has 19 heavy (non-hydrogen) atoms. The van der Waals surface area contributed by atoms with Crippen LogP contribution in [0.15, 0.2) is 0 Å². The lowest BCUT2D eigenvalue weighted by Gasteiger charge is -2.14. The molecular weight excluding hydrogens is 290 g/mol. The van der Waals surface area contributed by atoms with Crippen LogP contribution in [0.5, 0.6) is 0 Å². The van der Waals surface area contributed by atoms with E-state index in [1.165, 1.54) is 25.4 Å². The van der Waals surface area contributed by atoms with Gasteiger partial charge in [-0.25, -0.2) is 9.78 Å². The molecule has 2 heterocycles. The van der Waals surface area contributed by atoms with Crippen LogP contribution in [0.1, 0.15) is 23.0 Å². The van der Waals surface area contributed by atoms with Crippen molar-refractivity contribution < 1.29 is 14.3 Å². The number of esters is 1. The van der Waals surface area contributed by atoms with E-state index in [0.717, 1.165) is 13.0 Å². The summed E-state index contributed by atoms with van der Waals surface area (Å²) in [5.41, 5.74) is 0. The summed E-state index contributed by atoms with van der Waals surface area (Å²) in [6.07, 6.45) is 0.852. The molecular formula is C11H14ClN3O3S. The monoisotopic (exact) mass is 303 g/mol. The average Bonchev–Trinajstić information content (AvgIpc) is 2.94. The zero-order valence-corrected chi connectivity index (χ0v) is 12.2. The number of thiazole rings is 1. The van der Waals surface area contributed by atoms with E-state index in [2.05, 4.69) is 15.0 Å². The molecule has 0 bridgehead atoms. The Morgan fingerprint density at radius 1 is 1.58 bits per heavy atom. The van der Waals surface area contributed by atoms with E-state index in [0.29, 0.717) is 16.6 Å². The van der Waals surface area contributed by atoms with E-state index in [1.807, 2.05) is 4.90 Å². The van der Waals surface area contributed by atoms with Crippen molar-refractivity contribution in [3.8, 4) is 0 Å². The molecule has 1 aromatic heterocycles. The van der Waals surface area contributed by atoms with Crippen molar-refractivity contribution in [3.05, 3.63) is 10.0 Å². The summed E-state index contributed by atoms with van der Waals surface area (Å²) >= 11 is 7.13. The summed E-state index contributed by atoms with van der Waals surface area (Å²) in [4.78, 5) is 28.9. The Morgan fingerprint density at radius 2 is 2.32 bits per heavy atom. The molecule has 1 saturated heterocycles. The highest BCUT2D eigenvalue weighted by atomic mass is 35.5. The Bertz CT molecular complexity index is 505. The van der Waals surface area contributed by atoms with Crippen LogP contribution in [0.4, 0.5) is 5.13 Å². The quantitative estimate of drug-likeness (QED) is 0.852. The third kappa shape index (κ3) is 3.16. The lowest BCUT2D eigenvalue weighted by Crippen LogP contribution is -2.35. The van der Waals surface area contributed by atoms with Gasteiger partial charge in [-0.15, -0.1) is 0 Å². The molecule has 0 aliphatic carbocycles. The fourth-order valence-corrected chi connectivity index (χ4v) is 3.22. The van der Waals surface area contributed by atoms with Gasteiger partial charge in [0.1, 0.15) is 0 Å². The molecule has 1 aliphatic heterocycles. The number of hydrogen-bond acceptors (Lipinski definition) is 6.